The lowest BCUT2D eigenvalue weighted by Crippen LogP contribution is -2.25. The molecule has 0 aliphatic carbocycles. The summed E-state index contributed by atoms with van der Waals surface area (Å²) in [5, 5.41) is 7.00. The van der Waals surface area contributed by atoms with E-state index in [1.807, 2.05) is 24.3 Å². The standard InChI is InChI=1S/C21H18BrN3/c1-14-7-10-17(11-8-14)23-21-18-13-16(22)9-12-19(18)24-20(25-21)15-5-3-2-4-6-15/h2-13,20,24H,1H3,(H,23,25). The molecule has 4 rings (SSSR count). The first-order valence-corrected chi connectivity index (χ1v) is 9.01. The highest BCUT2D eigenvalue weighted by Gasteiger charge is 2.21. The molecular formula is C21H18BrN3. The molecule has 0 amide bonds. The Morgan fingerprint density at radius 1 is 0.960 bits per heavy atom. The molecule has 124 valence electrons. The maximum absolute atomic E-state index is 4.93. The van der Waals surface area contributed by atoms with Gasteiger partial charge in [-0.25, -0.2) is 4.99 Å². The molecule has 1 heterocycles. The summed E-state index contributed by atoms with van der Waals surface area (Å²) < 4.78 is 1.03. The van der Waals surface area contributed by atoms with Crippen LogP contribution in [0.5, 0.6) is 0 Å². The zero-order valence-electron chi connectivity index (χ0n) is 13.8. The van der Waals surface area contributed by atoms with Crippen molar-refractivity contribution in [3.8, 4) is 0 Å². The molecule has 1 unspecified atom stereocenters. The zero-order valence-corrected chi connectivity index (χ0v) is 15.4. The number of amidine groups is 1. The lowest BCUT2D eigenvalue weighted by molar-refractivity contribution is 0.827. The van der Waals surface area contributed by atoms with Crippen LogP contribution in [0.3, 0.4) is 0 Å². The molecule has 0 saturated heterocycles. The first-order chi connectivity index (χ1) is 12.2. The van der Waals surface area contributed by atoms with Crippen LogP contribution in [0.1, 0.15) is 22.9 Å². The average Bonchev–Trinajstić information content (AvgIpc) is 2.64. The molecule has 0 aromatic heterocycles. The van der Waals surface area contributed by atoms with E-state index in [9.17, 15) is 0 Å². The van der Waals surface area contributed by atoms with Crippen LogP contribution >= 0.6 is 15.9 Å². The normalized spacial score (nSPS) is 15.8. The van der Waals surface area contributed by atoms with Gasteiger partial charge in [-0.2, -0.15) is 0 Å². The van der Waals surface area contributed by atoms with Gasteiger partial charge in [0.15, 0.2) is 0 Å². The summed E-state index contributed by atoms with van der Waals surface area (Å²) in [5.74, 6) is 0.868. The van der Waals surface area contributed by atoms with E-state index in [2.05, 4.69) is 82.0 Å². The highest BCUT2D eigenvalue weighted by Crippen LogP contribution is 2.32. The van der Waals surface area contributed by atoms with Crippen molar-refractivity contribution >= 4 is 33.1 Å². The fourth-order valence-electron chi connectivity index (χ4n) is 2.88. The summed E-state index contributed by atoms with van der Waals surface area (Å²) in [5.41, 5.74) is 5.54. The van der Waals surface area contributed by atoms with Crippen molar-refractivity contribution in [3.63, 3.8) is 0 Å². The Balaban J connectivity index is 1.75. The Kier molecular flexibility index (Phi) is 4.28. The lowest BCUT2D eigenvalue weighted by atomic mass is 10.1. The SMILES string of the molecule is Cc1ccc(NC2=NC(c3ccccc3)Nc3ccc(Br)cc32)cc1. The van der Waals surface area contributed by atoms with Gasteiger partial charge >= 0.3 is 0 Å². The van der Waals surface area contributed by atoms with Crippen LogP contribution in [-0.4, -0.2) is 5.84 Å². The van der Waals surface area contributed by atoms with Gasteiger partial charge in [0.25, 0.3) is 0 Å². The quantitative estimate of drug-likeness (QED) is 0.584. The summed E-state index contributed by atoms with van der Waals surface area (Å²) in [6.45, 7) is 2.09. The number of aryl methyl sites for hydroxylation is 1. The van der Waals surface area contributed by atoms with Crippen molar-refractivity contribution in [1.29, 1.82) is 0 Å². The summed E-state index contributed by atoms with van der Waals surface area (Å²) in [6, 6.07) is 24.8. The van der Waals surface area contributed by atoms with Gasteiger partial charge in [0.2, 0.25) is 0 Å². The van der Waals surface area contributed by atoms with E-state index < -0.39 is 0 Å². The molecule has 0 bridgehead atoms. The van der Waals surface area contributed by atoms with Gasteiger partial charge in [-0.15, -0.1) is 0 Å². The molecule has 25 heavy (non-hydrogen) atoms. The van der Waals surface area contributed by atoms with Crippen LogP contribution < -0.4 is 10.6 Å². The van der Waals surface area contributed by atoms with Gasteiger partial charge in [-0.05, 0) is 42.8 Å². The molecular weight excluding hydrogens is 374 g/mol. The van der Waals surface area contributed by atoms with Gasteiger partial charge in [-0.3, -0.25) is 0 Å². The van der Waals surface area contributed by atoms with Crippen LogP contribution in [-0.2, 0) is 0 Å². The largest absolute Gasteiger partial charge is 0.359 e. The van der Waals surface area contributed by atoms with E-state index >= 15 is 0 Å². The minimum absolute atomic E-state index is 0.108. The van der Waals surface area contributed by atoms with Crippen molar-refractivity contribution in [1.82, 2.24) is 0 Å². The van der Waals surface area contributed by atoms with E-state index in [0.29, 0.717) is 0 Å². The number of nitrogens with zero attached hydrogens (tertiary/aromatic N) is 1. The molecule has 1 aliphatic rings. The highest BCUT2D eigenvalue weighted by molar-refractivity contribution is 9.10. The number of halogens is 1. The maximum atomic E-state index is 4.93. The fraction of sp³-hybridized carbons (Fsp3) is 0.0952. The van der Waals surface area contributed by atoms with Crippen molar-refractivity contribution in [2.75, 3.05) is 10.6 Å². The monoisotopic (exact) mass is 391 g/mol. The number of fused-ring (bicyclic) bond motifs is 1. The van der Waals surface area contributed by atoms with E-state index in [4.69, 9.17) is 4.99 Å². The van der Waals surface area contributed by atoms with E-state index in [1.165, 1.54) is 5.56 Å². The first-order valence-electron chi connectivity index (χ1n) is 8.22. The maximum Gasteiger partial charge on any atom is 0.147 e. The minimum Gasteiger partial charge on any atom is -0.359 e. The number of anilines is 2. The smallest absolute Gasteiger partial charge is 0.147 e. The Labute approximate surface area is 155 Å². The van der Waals surface area contributed by atoms with E-state index in [-0.39, 0.29) is 6.17 Å². The predicted octanol–water partition coefficient (Wildman–Crippen LogP) is 5.74. The molecule has 3 nitrogen and oxygen atoms in total. The number of hydrogen-bond acceptors (Lipinski definition) is 3. The molecule has 0 fully saturated rings. The van der Waals surface area contributed by atoms with Crippen molar-refractivity contribution < 1.29 is 0 Å². The van der Waals surface area contributed by atoms with Gasteiger partial charge in [0, 0.05) is 21.4 Å². The van der Waals surface area contributed by atoms with Gasteiger partial charge < -0.3 is 10.6 Å². The Morgan fingerprint density at radius 2 is 1.72 bits per heavy atom. The Bertz CT molecular complexity index is 918. The number of aliphatic imine (C=N–C) groups is 1. The van der Waals surface area contributed by atoms with E-state index in [0.717, 1.165) is 32.8 Å². The second-order valence-electron chi connectivity index (χ2n) is 6.12. The topological polar surface area (TPSA) is 36.4 Å². The minimum atomic E-state index is -0.108. The third-order valence-electron chi connectivity index (χ3n) is 4.22. The summed E-state index contributed by atoms with van der Waals surface area (Å²) in [7, 11) is 0. The Hall–Kier alpha value is -2.59. The number of benzene rings is 3. The molecule has 0 radical (unpaired) electrons. The third-order valence-corrected chi connectivity index (χ3v) is 4.71. The molecule has 3 aromatic rings. The Morgan fingerprint density at radius 3 is 2.48 bits per heavy atom. The van der Waals surface area contributed by atoms with Crippen LogP contribution in [0.25, 0.3) is 0 Å². The van der Waals surface area contributed by atoms with Gasteiger partial charge in [0.05, 0.1) is 0 Å². The van der Waals surface area contributed by atoms with Crippen LogP contribution in [0.15, 0.2) is 82.3 Å². The lowest BCUT2D eigenvalue weighted by Gasteiger charge is -2.26. The molecule has 3 aromatic carbocycles. The average molecular weight is 392 g/mol. The van der Waals surface area contributed by atoms with Crippen LogP contribution in [0, 0.1) is 6.92 Å². The number of rotatable bonds is 2. The van der Waals surface area contributed by atoms with Crippen LogP contribution in [0.2, 0.25) is 0 Å². The summed E-state index contributed by atoms with van der Waals surface area (Å²) in [4.78, 5) is 4.93. The van der Waals surface area contributed by atoms with Crippen LogP contribution in [0.4, 0.5) is 11.4 Å². The molecule has 0 spiro atoms. The molecule has 4 heteroatoms. The van der Waals surface area contributed by atoms with Gasteiger partial charge in [-0.1, -0.05) is 64.0 Å². The number of nitrogens with one attached hydrogen (secondary N) is 2. The summed E-state index contributed by atoms with van der Waals surface area (Å²) >= 11 is 3.56. The molecule has 1 aliphatic heterocycles. The van der Waals surface area contributed by atoms with Crippen molar-refractivity contribution in [2.24, 2.45) is 4.99 Å². The van der Waals surface area contributed by atoms with Gasteiger partial charge in [0.1, 0.15) is 12.0 Å². The third kappa shape index (κ3) is 3.44. The second kappa shape index (κ2) is 6.73. The highest BCUT2D eigenvalue weighted by atomic mass is 79.9. The first kappa shape index (κ1) is 15.9. The zero-order chi connectivity index (χ0) is 17.2. The predicted molar refractivity (Wildman–Crippen MR) is 108 cm³/mol. The molecule has 1 atom stereocenters. The second-order valence-corrected chi connectivity index (χ2v) is 7.03. The number of hydrogen-bond donors (Lipinski definition) is 2. The molecule has 2 N–H and O–H groups in total. The van der Waals surface area contributed by atoms with Crippen molar-refractivity contribution in [2.45, 2.75) is 13.1 Å². The summed E-state index contributed by atoms with van der Waals surface area (Å²) in [6.07, 6.45) is -0.108. The fourth-order valence-corrected chi connectivity index (χ4v) is 3.24. The van der Waals surface area contributed by atoms with E-state index in [1.54, 1.807) is 0 Å². The molecule has 0 saturated carbocycles. The van der Waals surface area contributed by atoms with Crippen molar-refractivity contribution in [3.05, 3.63) is 94.0 Å².